The summed E-state index contributed by atoms with van der Waals surface area (Å²) in [7, 11) is 0. The van der Waals surface area contributed by atoms with Crippen molar-refractivity contribution in [2.45, 2.75) is 27.3 Å². The first-order chi connectivity index (χ1) is 13.6. The van der Waals surface area contributed by atoms with Crippen LogP contribution < -0.4 is 10.9 Å². The highest BCUT2D eigenvalue weighted by Gasteiger charge is 2.09. The van der Waals surface area contributed by atoms with Crippen LogP contribution in [0.5, 0.6) is 0 Å². The molecule has 0 fully saturated rings. The smallest absolute Gasteiger partial charge is 0.274 e. The molecule has 0 unspecified atom stereocenters. The van der Waals surface area contributed by atoms with Crippen LogP contribution in [0.3, 0.4) is 0 Å². The van der Waals surface area contributed by atoms with E-state index in [4.69, 9.17) is 0 Å². The summed E-state index contributed by atoms with van der Waals surface area (Å²) < 4.78 is 1.37. The van der Waals surface area contributed by atoms with Crippen molar-refractivity contribution in [3.63, 3.8) is 0 Å². The fourth-order valence-corrected chi connectivity index (χ4v) is 2.57. The molecule has 0 bridgehead atoms. The number of fused-ring (bicyclic) bond motifs is 1. The summed E-state index contributed by atoms with van der Waals surface area (Å²) in [6.45, 7) is 7.32. The van der Waals surface area contributed by atoms with Crippen molar-refractivity contribution < 1.29 is 0 Å². The zero-order valence-corrected chi connectivity index (χ0v) is 16.4. The summed E-state index contributed by atoms with van der Waals surface area (Å²) in [5.41, 5.74) is 3.81. The maximum atomic E-state index is 12.3. The molecule has 0 aliphatic heterocycles. The Bertz CT molecular complexity index is 1050. The monoisotopic (exact) mass is 375 g/mol. The summed E-state index contributed by atoms with van der Waals surface area (Å²) in [4.78, 5) is 21.3. The van der Waals surface area contributed by atoms with Gasteiger partial charge in [-0.2, -0.15) is 9.50 Å². The van der Waals surface area contributed by atoms with Gasteiger partial charge in [0.2, 0.25) is 0 Å². The first kappa shape index (κ1) is 20.9. The second-order valence-corrected chi connectivity index (χ2v) is 6.30. The van der Waals surface area contributed by atoms with Crippen LogP contribution in [0.4, 0.5) is 0 Å². The molecule has 2 heterocycles. The fraction of sp³-hybridized carbons (Fsp3) is 0.227. The molecule has 0 atom stereocenters. The quantitative estimate of drug-likeness (QED) is 0.512. The van der Waals surface area contributed by atoms with Gasteiger partial charge in [-0.05, 0) is 20.8 Å². The summed E-state index contributed by atoms with van der Waals surface area (Å²) >= 11 is 0. The van der Waals surface area contributed by atoms with E-state index in [1.54, 1.807) is 0 Å². The van der Waals surface area contributed by atoms with E-state index < -0.39 is 0 Å². The lowest BCUT2D eigenvalue weighted by Gasteiger charge is -2.04. The Morgan fingerprint density at radius 2 is 1.96 bits per heavy atom. The highest BCUT2D eigenvalue weighted by atomic mass is 16.1. The Hall–Kier alpha value is -3.43. The standard InChI is InChI=1S/C20H23N5O.C2H2/c1-4-5-6-15(3)12-21-13-17-11-18(26)25-20(22-17)23-19(24-25)16-9-7-14(2)8-10-16;1-2/h4-11,21H,12-13H2,1-3H3,(H,22,23,24);1-2H/b5-4-,15-6-;. The van der Waals surface area contributed by atoms with Crippen molar-refractivity contribution in [3.8, 4) is 24.2 Å². The van der Waals surface area contributed by atoms with Gasteiger partial charge in [-0.15, -0.1) is 12.8 Å². The predicted molar refractivity (Wildman–Crippen MR) is 114 cm³/mol. The normalized spacial score (nSPS) is 11.5. The number of aromatic nitrogens is 4. The van der Waals surface area contributed by atoms with E-state index in [-0.39, 0.29) is 5.56 Å². The molecule has 6 nitrogen and oxygen atoms in total. The molecule has 3 rings (SSSR count). The van der Waals surface area contributed by atoms with Gasteiger partial charge >= 0.3 is 0 Å². The zero-order valence-electron chi connectivity index (χ0n) is 16.4. The maximum absolute atomic E-state index is 12.3. The SMILES string of the molecule is C#C.C/C=C\C=C(\C)CNCc1cc(=O)n2[nH]c(-c3ccc(C)cc3)nc2n1. The van der Waals surface area contributed by atoms with Gasteiger partial charge in [0, 0.05) is 24.7 Å². The third kappa shape index (κ3) is 5.29. The van der Waals surface area contributed by atoms with Gasteiger partial charge in [-0.3, -0.25) is 9.89 Å². The van der Waals surface area contributed by atoms with Crippen LogP contribution in [-0.2, 0) is 6.54 Å². The van der Waals surface area contributed by atoms with E-state index in [0.29, 0.717) is 23.8 Å². The summed E-state index contributed by atoms with van der Waals surface area (Å²) in [5, 5.41) is 6.31. The van der Waals surface area contributed by atoms with Gasteiger partial charge in [0.25, 0.3) is 11.3 Å². The minimum absolute atomic E-state index is 0.168. The van der Waals surface area contributed by atoms with Crippen LogP contribution in [-0.4, -0.2) is 26.1 Å². The topological polar surface area (TPSA) is 75.1 Å². The number of hydrogen-bond acceptors (Lipinski definition) is 4. The number of terminal acetylenes is 1. The third-order valence-electron chi connectivity index (χ3n) is 3.99. The predicted octanol–water partition coefficient (Wildman–Crippen LogP) is 3.25. The Labute approximate surface area is 165 Å². The van der Waals surface area contributed by atoms with E-state index in [2.05, 4.69) is 46.2 Å². The molecule has 0 aliphatic carbocycles. The Kier molecular flexibility index (Phi) is 7.49. The van der Waals surface area contributed by atoms with Crippen molar-refractivity contribution in [1.82, 2.24) is 24.9 Å². The molecule has 0 saturated heterocycles. The van der Waals surface area contributed by atoms with Gasteiger partial charge < -0.3 is 5.32 Å². The lowest BCUT2D eigenvalue weighted by molar-refractivity contribution is 0.716. The molecule has 1 aromatic carbocycles. The molecule has 0 radical (unpaired) electrons. The first-order valence-electron chi connectivity index (χ1n) is 8.95. The molecule has 0 amide bonds. The molecular formula is C22H25N5O. The lowest BCUT2D eigenvalue weighted by Crippen LogP contribution is -2.21. The first-order valence-corrected chi connectivity index (χ1v) is 8.95. The van der Waals surface area contributed by atoms with Crippen molar-refractivity contribution in [1.29, 1.82) is 0 Å². The molecule has 0 aliphatic rings. The summed E-state index contributed by atoms with van der Waals surface area (Å²) in [5.74, 6) is 1.01. The zero-order chi connectivity index (χ0) is 20.5. The Balaban J connectivity index is 0.00000136. The number of aryl methyl sites for hydroxylation is 1. The van der Waals surface area contributed by atoms with Gasteiger partial charge in [0.1, 0.15) is 0 Å². The number of nitrogens with zero attached hydrogens (tertiary/aromatic N) is 3. The van der Waals surface area contributed by atoms with Crippen LogP contribution in [0.2, 0.25) is 0 Å². The van der Waals surface area contributed by atoms with E-state index in [1.165, 1.54) is 21.7 Å². The van der Waals surface area contributed by atoms with Crippen LogP contribution in [0.25, 0.3) is 17.2 Å². The molecule has 28 heavy (non-hydrogen) atoms. The minimum atomic E-state index is -0.168. The summed E-state index contributed by atoms with van der Waals surface area (Å²) in [6.07, 6.45) is 14.0. The minimum Gasteiger partial charge on any atom is -0.307 e. The van der Waals surface area contributed by atoms with Gasteiger partial charge in [-0.25, -0.2) is 4.98 Å². The van der Waals surface area contributed by atoms with Crippen LogP contribution in [0.15, 0.2) is 58.9 Å². The highest BCUT2D eigenvalue weighted by molar-refractivity contribution is 5.57. The van der Waals surface area contributed by atoms with Crippen LogP contribution >= 0.6 is 0 Å². The molecule has 3 aromatic rings. The van der Waals surface area contributed by atoms with Gasteiger partial charge in [-0.1, -0.05) is 53.6 Å². The van der Waals surface area contributed by atoms with Crippen molar-refractivity contribution in [3.05, 3.63) is 75.7 Å². The number of aromatic amines is 1. The van der Waals surface area contributed by atoms with Gasteiger partial charge in [0.05, 0.1) is 5.69 Å². The molecule has 144 valence electrons. The fourth-order valence-electron chi connectivity index (χ4n) is 2.57. The maximum Gasteiger partial charge on any atom is 0.274 e. The number of H-pyrrole nitrogens is 1. The number of benzene rings is 1. The van der Waals surface area contributed by atoms with Crippen LogP contribution in [0, 0.1) is 19.8 Å². The number of hydrogen-bond donors (Lipinski definition) is 2. The highest BCUT2D eigenvalue weighted by Crippen LogP contribution is 2.15. The van der Waals surface area contributed by atoms with Crippen molar-refractivity contribution in [2.24, 2.45) is 0 Å². The lowest BCUT2D eigenvalue weighted by atomic mass is 10.1. The summed E-state index contributed by atoms with van der Waals surface area (Å²) in [6, 6.07) is 9.50. The average Bonchev–Trinajstić information content (AvgIpc) is 3.13. The number of allylic oxidation sites excluding steroid dienone is 3. The Morgan fingerprint density at radius 3 is 2.64 bits per heavy atom. The number of rotatable bonds is 6. The van der Waals surface area contributed by atoms with Crippen LogP contribution in [0.1, 0.15) is 25.1 Å². The van der Waals surface area contributed by atoms with E-state index in [1.807, 2.05) is 50.3 Å². The Morgan fingerprint density at radius 1 is 1.25 bits per heavy atom. The molecule has 2 N–H and O–H groups in total. The van der Waals surface area contributed by atoms with E-state index >= 15 is 0 Å². The van der Waals surface area contributed by atoms with Gasteiger partial charge in [0.15, 0.2) is 5.82 Å². The van der Waals surface area contributed by atoms with E-state index in [9.17, 15) is 4.79 Å². The molecule has 2 aromatic heterocycles. The van der Waals surface area contributed by atoms with Crippen molar-refractivity contribution in [2.75, 3.05) is 6.54 Å². The van der Waals surface area contributed by atoms with Crippen molar-refractivity contribution >= 4 is 5.78 Å². The largest absolute Gasteiger partial charge is 0.307 e. The number of nitrogens with one attached hydrogen (secondary N) is 2. The molecule has 0 spiro atoms. The molecular weight excluding hydrogens is 350 g/mol. The molecule has 0 saturated carbocycles. The second kappa shape index (κ2) is 10.0. The molecule has 6 heteroatoms. The van der Waals surface area contributed by atoms with E-state index in [0.717, 1.165) is 12.1 Å². The average molecular weight is 375 g/mol. The second-order valence-electron chi connectivity index (χ2n) is 6.30. The third-order valence-corrected chi connectivity index (χ3v) is 3.99.